The SMILES string of the molecule is CC/C=C\C/C=C\C/C=C\C/C=C\C/C=C\C/C=C\CCC(=O)NCCNC(=O)c1ccccc1Nc1c(Cl)ccc(C)c1Cl. The van der Waals surface area contributed by atoms with Crippen molar-refractivity contribution < 1.29 is 9.59 Å². The molecule has 2 amide bonds. The molecule has 0 aliphatic carbocycles. The summed E-state index contributed by atoms with van der Waals surface area (Å²) in [5, 5.41) is 9.87. The van der Waals surface area contributed by atoms with Crippen LogP contribution in [0.5, 0.6) is 0 Å². The topological polar surface area (TPSA) is 70.2 Å². The Morgan fingerprint density at radius 2 is 1.22 bits per heavy atom. The lowest BCUT2D eigenvalue weighted by Gasteiger charge is -2.15. The Balaban J connectivity index is 1.56. The first-order valence-electron chi connectivity index (χ1n) is 15.7. The number of hydrogen-bond acceptors (Lipinski definition) is 3. The quantitative estimate of drug-likeness (QED) is 0.0989. The Kier molecular flexibility index (Phi) is 19.6. The highest BCUT2D eigenvalue weighted by atomic mass is 35.5. The zero-order valence-corrected chi connectivity index (χ0v) is 28.0. The highest BCUT2D eigenvalue weighted by Crippen LogP contribution is 2.35. The number of amides is 2. The van der Waals surface area contributed by atoms with E-state index in [0.717, 1.165) is 44.1 Å². The zero-order chi connectivity index (χ0) is 32.5. The normalized spacial score (nSPS) is 12.1. The average Bonchev–Trinajstić information content (AvgIpc) is 3.04. The first-order chi connectivity index (χ1) is 21.9. The summed E-state index contributed by atoms with van der Waals surface area (Å²) in [7, 11) is 0. The van der Waals surface area contributed by atoms with Gasteiger partial charge in [-0.05, 0) is 75.6 Å². The van der Waals surface area contributed by atoms with Crippen molar-refractivity contribution in [3.05, 3.63) is 130 Å². The maximum absolute atomic E-state index is 12.8. The van der Waals surface area contributed by atoms with E-state index in [0.29, 0.717) is 52.9 Å². The molecule has 0 bridgehead atoms. The van der Waals surface area contributed by atoms with Crippen LogP contribution in [0.25, 0.3) is 0 Å². The van der Waals surface area contributed by atoms with Gasteiger partial charge < -0.3 is 16.0 Å². The summed E-state index contributed by atoms with van der Waals surface area (Å²) in [6.07, 6.45) is 32.8. The fourth-order valence-corrected chi connectivity index (χ4v) is 4.58. The van der Waals surface area contributed by atoms with Crippen molar-refractivity contribution >= 4 is 46.4 Å². The van der Waals surface area contributed by atoms with E-state index in [1.165, 1.54) is 0 Å². The number of hydrogen-bond donors (Lipinski definition) is 3. The predicted molar refractivity (Wildman–Crippen MR) is 194 cm³/mol. The Labute approximate surface area is 279 Å². The molecule has 0 aliphatic rings. The Hall–Kier alpha value is -3.80. The number of aryl methyl sites for hydroxylation is 1. The summed E-state index contributed by atoms with van der Waals surface area (Å²) >= 11 is 12.8. The third-order valence-electron chi connectivity index (χ3n) is 6.58. The van der Waals surface area contributed by atoms with Gasteiger partial charge in [-0.2, -0.15) is 0 Å². The molecule has 0 aromatic heterocycles. The Morgan fingerprint density at radius 3 is 1.82 bits per heavy atom. The van der Waals surface area contributed by atoms with Gasteiger partial charge >= 0.3 is 0 Å². The van der Waals surface area contributed by atoms with Gasteiger partial charge in [0.2, 0.25) is 5.91 Å². The smallest absolute Gasteiger partial charge is 0.253 e. The van der Waals surface area contributed by atoms with E-state index in [1.54, 1.807) is 24.3 Å². The predicted octanol–water partition coefficient (Wildman–Crippen LogP) is 10.4. The van der Waals surface area contributed by atoms with Crippen molar-refractivity contribution in [2.75, 3.05) is 18.4 Å². The molecule has 0 fully saturated rings. The number of allylic oxidation sites excluding steroid dienone is 12. The minimum atomic E-state index is -0.259. The fraction of sp³-hybridized carbons (Fsp3) is 0.316. The highest BCUT2D eigenvalue weighted by Gasteiger charge is 2.14. The molecule has 2 aromatic carbocycles. The van der Waals surface area contributed by atoms with Gasteiger partial charge in [0.05, 0.1) is 27.0 Å². The first-order valence-corrected chi connectivity index (χ1v) is 16.4. The minimum Gasteiger partial charge on any atom is -0.354 e. The van der Waals surface area contributed by atoms with Gasteiger partial charge in [0.15, 0.2) is 0 Å². The van der Waals surface area contributed by atoms with Crippen molar-refractivity contribution in [1.29, 1.82) is 0 Å². The summed E-state index contributed by atoms with van der Waals surface area (Å²) in [6, 6.07) is 10.7. The monoisotopic (exact) mass is 647 g/mol. The van der Waals surface area contributed by atoms with E-state index < -0.39 is 0 Å². The molecule has 0 saturated heterocycles. The molecular formula is C38H47Cl2N3O2. The molecule has 7 heteroatoms. The van der Waals surface area contributed by atoms with E-state index in [9.17, 15) is 9.59 Å². The van der Waals surface area contributed by atoms with Gasteiger partial charge in [-0.3, -0.25) is 9.59 Å². The minimum absolute atomic E-state index is 0.0467. The van der Waals surface area contributed by atoms with Gasteiger partial charge in [-0.1, -0.05) is 121 Å². The maximum atomic E-state index is 12.8. The summed E-state index contributed by atoms with van der Waals surface area (Å²) < 4.78 is 0. The van der Waals surface area contributed by atoms with Crippen LogP contribution in [-0.4, -0.2) is 24.9 Å². The second-order valence-corrected chi connectivity index (χ2v) is 11.1. The summed E-state index contributed by atoms with van der Waals surface area (Å²) in [5.74, 6) is -0.306. The molecule has 0 atom stereocenters. The van der Waals surface area contributed by atoms with Gasteiger partial charge in [0, 0.05) is 19.5 Å². The van der Waals surface area contributed by atoms with Crippen LogP contribution >= 0.6 is 23.2 Å². The Morgan fingerprint density at radius 1 is 0.689 bits per heavy atom. The highest BCUT2D eigenvalue weighted by molar-refractivity contribution is 6.39. The van der Waals surface area contributed by atoms with Crippen molar-refractivity contribution in [1.82, 2.24) is 10.6 Å². The molecule has 240 valence electrons. The van der Waals surface area contributed by atoms with Gasteiger partial charge in [-0.15, -0.1) is 0 Å². The number of benzene rings is 2. The molecule has 45 heavy (non-hydrogen) atoms. The van der Waals surface area contributed by atoms with E-state index in [-0.39, 0.29) is 11.8 Å². The third-order valence-corrected chi connectivity index (χ3v) is 7.38. The molecule has 2 rings (SSSR count). The number of halogens is 2. The van der Waals surface area contributed by atoms with Crippen LogP contribution < -0.4 is 16.0 Å². The second-order valence-electron chi connectivity index (χ2n) is 10.3. The van der Waals surface area contributed by atoms with Gasteiger partial charge in [0.1, 0.15) is 0 Å². The van der Waals surface area contributed by atoms with E-state index in [2.05, 4.69) is 89.7 Å². The van der Waals surface area contributed by atoms with E-state index in [4.69, 9.17) is 23.2 Å². The summed E-state index contributed by atoms with van der Waals surface area (Å²) in [6.45, 7) is 4.69. The molecule has 0 radical (unpaired) electrons. The van der Waals surface area contributed by atoms with Gasteiger partial charge in [0.25, 0.3) is 5.91 Å². The van der Waals surface area contributed by atoms with Crippen LogP contribution in [0.4, 0.5) is 11.4 Å². The van der Waals surface area contributed by atoms with Crippen LogP contribution in [0.15, 0.2) is 109 Å². The van der Waals surface area contributed by atoms with Crippen LogP contribution in [0.3, 0.4) is 0 Å². The Bertz CT molecular complexity index is 1370. The number of carbonyl (C=O) groups is 2. The van der Waals surface area contributed by atoms with Crippen LogP contribution in [0.2, 0.25) is 10.0 Å². The van der Waals surface area contributed by atoms with E-state index in [1.807, 2.05) is 25.1 Å². The van der Waals surface area contributed by atoms with Crippen LogP contribution in [0, 0.1) is 6.92 Å². The third kappa shape index (κ3) is 16.2. The molecular weight excluding hydrogens is 601 g/mol. The maximum Gasteiger partial charge on any atom is 0.253 e. The number of para-hydroxylation sites is 1. The number of nitrogens with one attached hydrogen (secondary N) is 3. The zero-order valence-electron chi connectivity index (χ0n) is 26.5. The number of anilines is 2. The summed E-state index contributed by atoms with van der Waals surface area (Å²) in [5.41, 5.74) is 2.47. The number of carbonyl (C=O) groups excluding carboxylic acids is 2. The molecule has 0 spiro atoms. The largest absolute Gasteiger partial charge is 0.354 e. The fourth-order valence-electron chi connectivity index (χ4n) is 4.11. The molecule has 0 heterocycles. The molecule has 5 nitrogen and oxygen atoms in total. The lowest BCUT2D eigenvalue weighted by atomic mass is 10.1. The van der Waals surface area contributed by atoms with Crippen molar-refractivity contribution in [3.63, 3.8) is 0 Å². The van der Waals surface area contributed by atoms with Crippen molar-refractivity contribution in [2.24, 2.45) is 0 Å². The second kappa shape index (κ2) is 23.6. The average molecular weight is 649 g/mol. The first kappa shape index (κ1) is 37.4. The van der Waals surface area contributed by atoms with Crippen LogP contribution in [-0.2, 0) is 4.79 Å². The van der Waals surface area contributed by atoms with Crippen molar-refractivity contribution in [2.45, 2.75) is 65.2 Å². The lowest BCUT2D eigenvalue weighted by molar-refractivity contribution is -0.120. The van der Waals surface area contributed by atoms with Gasteiger partial charge in [-0.25, -0.2) is 0 Å². The molecule has 3 N–H and O–H groups in total. The van der Waals surface area contributed by atoms with E-state index >= 15 is 0 Å². The molecule has 0 unspecified atom stereocenters. The molecule has 0 saturated carbocycles. The molecule has 2 aromatic rings. The van der Waals surface area contributed by atoms with Crippen LogP contribution in [0.1, 0.15) is 74.2 Å². The lowest BCUT2D eigenvalue weighted by Crippen LogP contribution is -2.34. The standard InChI is InChI=1S/C38H47Cl2N3O2/c1-3-4-5-6-7-8-9-10-11-12-13-14-15-16-17-18-19-20-21-26-35(44)41-29-30-42-38(45)32-24-22-23-25-34(32)43-37-33(39)28-27-31(2)36(37)40/h4-5,7-8,10-11,13-14,16-17,19-20,22-25,27-28,43H,3,6,9,12,15,18,21,26,29-30H2,1-2H3,(H,41,44)(H,42,45)/b5-4-,8-7-,11-10-,14-13-,17-16-,20-19-. The van der Waals surface area contributed by atoms with Crippen molar-refractivity contribution in [3.8, 4) is 0 Å². The summed E-state index contributed by atoms with van der Waals surface area (Å²) in [4.78, 5) is 25.0. The number of rotatable bonds is 20. The molecule has 0 aliphatic heterocycles.